The summed E-state index contributed by atoms with van der Waals surface area (Å²) in [7, 11) is 0. The van der Waals surface area contributed by atoms with E-state index in [1.807, 2.05) is 24.3 Å². The van der Waals surface area contributed by atoms with E-state index in [4.69, 9.17) is 4.74 Å². The second-order valence-electron chi connectivity index (χ2n) is 6.27. The fraction of sp³-hybridized carbons (Fsp3) is 0.647. The summed E-state index contributed by atoms with van der Waals surface area (Å²) in [6.45, 7) is 5.45. The molecule has 1 aliphatic carbocycles. The van der Waals surface area contributed by atoms with E-state index in [1.54, 1.807) is 0 Å². The van der Waals surface area contributed by atoms with E-state index in [0.717, 1.165) is 35.3 Å². The molecule has 0 aromatic heterocycles. The van der Waals surface area contributed by atoms with Crippen molar-refractivity contribution in [3.05, 3.63) is 28.7 Å². The summed E-state index contributed by atoms with van der Waals surface area (Å²) in [5, 5.41) is 3.73. The molecule has 1 saturated heterocycles. The van der Waals surface area contributed by atoms with Crippen LogP contribution in [-0.2, 0) is 0 Å². The van der Waals surface area contributed by atoms with Gasteiger partial charge in [0, 0.05) is 17.1 Å². The van der Waals surface area contributed by atoms with Crippen molar-refractivity contribution in [2.24, 2.45) is 5.92 Å². The monoisotopic (exact) mass is 388 g/mol. The first-order valence-corrected chi connectivity index (χ1v) is 8.93. The highest BCUT2D eigenvalue weighted by molar-refractivity contribution is 9.10. The third-order valence-corrected chi connectivity index (χ3v) is 4.95. The molecule has 1 aromatic rings. The Morgan fingerprint density at radius 3 is 2.64 bits per heavy atom. The topological polar surface area (TPSA) is 24.5 Å². The van der Waals surface area contributed by atoms with Crippen LogP contribution in [-0.4, -0.2) is 43.7 Å². The molecule has 0 atom stereocenters. The molecule has 2 aliphatic rings. The lowest BCUT2D eigenvalue weighted by molar-refractivity contribution is 0.164. The molecule has 0 bridgehead atoms. The highest BCUT2D eigenvalue weighted by Gasteiger charge is 2.24. The molecule has 0 unspecified atom stereocenters. The second-order valence-corrected chi connectivity index (χ2v) is 7.19. The van der Waals surface area contributed by atoms with Crippen molar-refractivity contribution < 1.29 is 4.74 Å². The van der Waals surface area contributed by atoms with E-state index >= 15 is 0 Å². The van der Waals surface area contributed by atoms with Crippen LogP contribution in [0.3, 0.4) is 0 Å². The first kappa shape index (κ1) is 18.1. The molecule has 22 heavy (non-hydrogen) atoms. The van der Waals surface area contributed by atoms with Gasteiger partial charge in [0.1, 0.15) is 12.4 Å². The molecule has 5 heteroatoms. The summed E-state index contributed by atoms with van der Waals surface area (Å²) in [5.74, 6) is 1.94. The van der Waals surface area contributed by atoms with E-state index in [2.05, 4.69) is 26.1 Å². The van der Waals surface area contributed by atoms with Crippen LogP contribution in [0.2, 0.25) is 0 Å². The van der Waals surface area contributed by atoms with Crippen LogP contribution < -0.4 is 10.1 Å². The van der Waals surface area contributed by atoms with Gasteiger partial charge in [-0.2, -0.15) is 0 Å². The van der Waals surface area contributed by atoms with E-state index in [9.17, 15) is 0 Å². The van der Waals surface area contributed by atoms with Crippen molar-refractivity contribution in [2.75, 3.05) is 32.8 Å². The van der Waals surface area contributed by atoms with Crippen LogP contribution in [0.15, 0.2) is 28.7 Å². The molecule has 1 aliphatic heterocycles. The summed E-state index contributed by atoms with van der Waals surface area (Å²) in [6.07, 6.45) is 5.45. The Bertz CT molecular complexity index is 448. The van der Waals surface area contributed by atoms with Gasteiger partial charge in [-0.25, -0.2) is 0 Å². The molecule has 1 saturated carbocycles. The average Bonchev–Trinajstić information content (AvgIpc) is 3.31. The number of piperidine rings is 1. The normalized spacial score (nSPS) is 19.7. The number of rotatable bonds is 7. The van der Waals surface area contributed by atoms with Gasteiger partial charge in [0.25, 0.3) is 0 Å². The molecule has 2 fully saturated rings. The van der Waals surface area contributed by atoms with Gasteiger partial charge in [0.2, 0.25) is 0 Å². The molecule has 0 amide bonds. The molecule has 0 spiro atoms. The largest absolute Gasteiger partial charge is 0.492 e. The lowest BCUT2D eigenvalue weighted by atomic mass is 10.0. The molecule has 1 aromatic carbocycles. The van der Waals surface area contributed by atoms with Crippen LogP contribution in [0.4, 0.5) is 0 Å². The first-order chi connectivity index (χ1) is 10.3. The number of hydrogen-bond donors (Lipinski definition) is 1. The first-order valence-electron chi connectivity index (χ1n) is 8.14. The number of nitrogens with one attached hydrogen (secondary N) is 1. The Morgan fingerprint density at radius 1 is 1.18 bits per heavy atom. The van der Waals surface area contributed by atoms with E-state index in [-0.39, 0.29) is 12.4 Å². The van der Waals surface area contributed by atoms with Crippen LogP contribution >= 0.6 is 28.3 Å². The summed E-state index contributed by atoms with van der Waals surface area (Å²) in [4.78, 5) is 2.52. The quantitative estimate of drug-likeness (QED) is 0.769. The minimum atomic E-state index is 0. The van der Waals surface area contributed by atoms with Gasteiger partial charge in [-0.05, 0) is 69.4 Å². The SMILES string of the molecule is Brc1cccc(OCCN2CCC(NCC3CC3)CC2)c1.Cl. The zero-order chi connectivity index (χ0) is 14.5. The van der Waals surface area contributed by atoms with Gasteiger partial charge >= 0.3 is 0 Å². The van der Waals surface area contributed by atoms with E-state index < -0.39 is 0 Å². The van der Waals surface area contributed by atoms with Crippen molar-refractivity contribution in [1.82, 2.24) is 10.2 Å². The molecule has 3 rings (SSSR count). The lowest BCUT2D eigenvalue weighted by Gasteiger charge is -2.32. The molecular weight excluding hydrogens is 364 g/mol. The Labute approximate surface area is 148 Å². The lowest BCUT2D eigenvalue weighted by Crippen LogP contribution is -2.44. The third kappa shape index (κ3) is 6.07. The minimum absolute atomic E-state index is 0. The smallest absolute Gasteiger partial charge is 0.120 e. The summed E-state index contributed by atoms with van der Waals surface area (Å²) < 4.78 is 6.89. The van der Waals surface area contributed by atoms with E-state index in [1.165, 1.54) is 45.3 Å². The number of ether oxygens (including phenoxy) is 1. The molecule has 124 valence electrons. The number of halogens is 2. The van der Waals surface area contributed by atoms with Gasteiger partial charge in [0.05, 0.1) is 0 Å². The fourth-order valence-corrected chi connectivity index (χ4v) is 3.24. The summed E-state index contributed by atoms with van der Waals surface area (Å²) in [5.41, 5.74) is 0. The predicted octanol–water partition coefficient (Wildman–Crippen LogP) is 3.71. The maximum absolute atomic E-state index is 5.82. The van der Waals surface area contributed by atoms with Crippen molar-refractivity contribution in [3.8, 4) is 5.75 Å². The summed E-state index contributed by atoms with van der Waals surface area (Å²) in [6, 6.07) is 8.81. The Morgan fingerprint density at radius 2 is 1.95 bits per heavy atom. The zero-order valence-corrected chi connectivity index (χ0v) is 15.4. The molecular formula is C17H26BrClN2O. The number of benzene rings is 1. The van der Waals surface area contributed by atoms with Gasteiger partial charge in [-0.15, -0.1) is 12.4 Å². The standard InChI is InChI=1S/C17H25BrN2O.ClH/c18-15-2-1-3-17(12-15)21-11-10-20-8-6-16(7-9-20)19-13-14-4-5-14;/h1-3,12,14,16,19H,4-11,13H2;1H. The minimum Gasteiger partial charge on any atom is -0.492 e. The highest BCUT2D eigenvalue weighted by atomic mass is 79.9. The summed E-state index contributed by atoms with van der Waals surface area (Å²) >= 11 is 3.47. The van der Waals surface area contributed by atoms with Gasteiger partial charge in [-0.1, -0.05) is 22.0 Å². The number of nitrogens with zero attached hydrogens (tertiary/aromatic N) is 1. The van der Waals surface area contributed by atoms with E-state index in [0.29, 0.717) is 0 Å². The number of hydrogen-bond acceptors (Lipinski definition) is 3. The van der Waals surface area contributed by atoms with Crippen LogP contribution in [0, 0.1) is 5.92 Å². The fourth-order valence-electron chi connectivity index (χ4n) is 2.87. The third-order valence-electron chi connectivity index (χ3n) is 4.45. The van der Waals surface area contributed by atoms with Gasteiger partial charge in [0.15, 0.2) is 0 Å². The van der Waals surface area contributed by atoms with Gasteiger partial charge < -0.3 is 10.1 Å². The Hall–Kier alpha value is -0.290. The van der Waals surface area contributed by atoms with Crippen LogP contribution in [0.5, 0.6) is 5.75 Å². The van der Waals surface area contributed by atoms with Gasteiger partial charge in [-0.3, -0.25) is 4.90 Å². The van der Waals surface area contributed by atoms with Crippen molar-refractivity contribution >= 4 is 28.3 Å². The average molecular weight is 390 g/mol. The van der Waals surface area contributed by atoms with Crippen LogP contribution in [0.25, 0.3) is 0 Å². The van der Waals surface area contributed by atoms with Crippen molar-refractivity contribution in [1.29, 1.82) is 0 Å². The molecule has 1 N–H and O–H groups in total. The van der Waals surface area contributed by atoms with Crippen LogP contribution in [0.1, 0.15) is 25.7 Å². The molecule has 1 heterocycles. The maximum Gasteiger partial charge on any atom is 0.120 e. The predicted molar refractivity (Wildman–Crippen MR) is 97.1 cm³/mol. The number of likely N-dealkylation sites (tertiary alicyclic amines) is 1. The zero-order valence-electron chi connectivity index (χ0n) is 13.0. The maximum atomic E-state index is 5.82. The molecule has 3 nitrogen and oxygen atoms in total. The Balaban J connectivity index is 0.00000176. The Kier molecular flexibility index (Phi) is 7.48. The second kappa shape index (κ2) is 9.11. The van der Waals surface area contributed by atoms with Crippen molar-refractivity contribution in [2.45, 2.75) is 31.7 Å². The van der Waals surface area contributed by atoms with Crippen molar-refractivity contribution in [3.63, 3.8) is 0 Å². The highest BCUT2D eigenvalue weighted by Crippen LogP contribution is 2.28. The molecule has 0 radical (unpaired) electrons.